The van der Waals surface area contributed by atoms with Crippen molar-refractivity contribution in [2.24, 2.45) is 17.8 Å². The molecule has 0 heterocycles. The fraction of sp³-hybridized carbons (Fsp3) is 0.533. The molecule has 0 spiro atoms. The predicted molar refractivity (Wildman–Crippen MR) is 77.2 cm³/mol. The Morgan fingerprint density at radius 2 is 1.86 bits per heavy atom. The van der Waals surface area contributed by atoms with Gasteiger partial charge in [-0.05, 0) is 50.2 Å². The lowest BCUT2D eigenvalue weighted by Gasteiger charge is -2.40. The second-order valence-corrected chi connectivity index (χ2v) is 7.92. The Labute approximate surface area is 124 Å². The van der Waals surface area contributed by atoms with E-state index in [-0.39, 0.29) is 22.8 Å². The molecule has 2 aliphatic rings. The maximum absolute atomic E-state index is 12.3. The molecule has 114 valence electrons. The third-order valence-corrected chi connectivity index (χ3v) is 6.32. The molecule has 0 radical (unpaired) electrons. The molecule has 0 aliphatic heterocycles. The summed E-state index contributed by atoms with van der Waals surface area (Å²) in [4.78, 5) is 11.3. The van der Waals surface area contributed by atoms with Gasteiger partial charge in [0.25, 0.3) is 0 Å². The van der Waals surface area contributed by atoms with Gasteiger partial charge in [0.05, 0.1) is 10.8 Å². The predicted octanol–water partition coefficient (Wildman–Crippen LogP) is 1.77. The average Bonchev–Trinajstić information content (AvgIpc) is 2.74. The Hall–Kier alpha value is -1.40. The molecule has 6 heteroatoms. The molecule has 0 bridgehead atoms. The standard InChI is InChI=1S/C15H19NO4S/c1-9-2-4-12(5-3-9)21(19,20)16-14-8-10-6-11(15(17)18)7-13(10)14/h2-5,10-11,13-14,16H,6-8H2,1H3,(H,17,18)/t10-,11?,13-,14+/m0/s1. The largest absolute Gasteiger partial charge is 0.481 e. The van der Waals surface area contributed by atoms with Crippen molar-refractivity contribution in [2.45, 2.75) is 37.1 Å². The van der Waals surface area contributed by atoms with Crippen LogP contribution in [-0.4, -0.2) is 25.5 Å². The highest BCUT2D eigenvalue weighted by atomic mass is 32.2. The minimum atomic E-state index is -3.51. The van der Waals surface area contributed by atoms with Crippen molar-refractivity contribution in [3.05, 3.63) is 29.8 Å². The summed E-state index contributed by atoms with van der Waals surface area (Å²) in [6, 6.07) is 6.62. The number of hydrogen-bond donors (Lipinski definition) is 2. The van der Waals surface area contributed by atoms with Crippen LogP contribution >= 0.6 is 0 Å². The van der Waals surface area contributed by atoms with Crippen molar-refractivity contribution in [1.82, 2.24) is 4.72 Å². The monoisotopic (exact) mass is 309 g/mol. The van der Waals surface area contributed by atoms with Gasteiger partial charge in [-0.15, -0.1) is 0 Å². The van der Waals surface area contributed by atoms with Crippen molar-refractivity contribution in [1.29, 1.82) is 0 Å². The van der Waals surface area contributed by atoms with E-state index in [1.54, 1.807) is 24.3 Å². The molecule has 21 heavy (non-hydrogen) atoms. The number of aryl methyl sites for hydroxylation is 1. The van der Waals surface area contributed by atoms with Gasteiger partial charge in [-0.3, -0.25) is 4.79 Å². The highest BCUT2D eigenvalue weighted by Crippen LogP contribution is 2.50. The molecular formula is C15H19NO4S. The minimum Gasteiger partial charge on any atom is -0.481 e. The summed E-state index contributed by atoms with van der Waals surface area (Å²) in [7, 11) is -3.51. The molecule has 3 rings (SSSR count). The number of benzene rings is 1. The molecule has 1 aromatic carbocycles. The SMILES string of the molecule is Cc1ccc(S(=O)(=O)N[C@@H]2C[C@@H]3CC(C(=O)O)C[C@@H]32)cc1. The molecular weight excluding hydrogens is 290 g/mol. The number of hydrogen-bond acceptors (Lipinski definition) is 3. The van der Waals surface area contributed by atoms with Crippen LogP contribution < -0.4 is 4.72 Å². The van der Waals surface area contributed by atoms with Crippen molar-refractivity contribution in [3.8, 4) is 0 Å². The van der Waals surface area contributed by atoms with Gasteiger partial charge >= 0.3 is 5.97 Å². The van der Waals surface area contributed by atoms with E-state index in [4.69, 9.17) is 5.11 Å². The molecule has 1 aromatic rings. The number of carbonyl (C=O) groups is 1. The quantitative estimate of drug-likeness (QED) is 0.888. The third-order valence-electron chi connectivity index (χ3n) is 4.81. The van der Waals surface area contributed by atoms with E-state index in [9.17, 15) is 13.2 Å². The third kappa shape index (κ3) is 2.70. The molecule has 5 nitrogen and oxygen atoms in total. The lowest BCUT2D eigenvalue weighted by molar-refractivity contribution is -0.141. The van der Waals surface area contributed by atoms with Crippen LogP contribution in [0.15, 0.2) is 29.2 Å². The first-order chi connectivity index (χ1) is 9.87. The number of nitrogens with one attached hydrogen (secondary N) is 1. The molecule has 2 aliphatic carbocycles. The number of carboxylic acid groups (broad SMARTS) is 1. The Bertz CT molecular complexity index is 653. The van der Waals surface area contributed by atoms with Crippen molar-refractivity contribution in [3.63, 3.8) is 0 Å². The number of rotatable bonds is 4. The molecule has 4 atom stereocenters. The van der Waals surface area contributed by atoms with Crippen molar-refractivity contribution >= 4 is 16.0 Å². The summed E-state index contributed by atoms with van der Waals surface area (Å²) in [5.41, 5.74) is 1.01. The van der Waals surface area contributed by atoms with Gasteiger partial charge in [0.1, 0.15) is 0 Å². The Morgan fingerprint density at radius 1 is 1.19 bits per heavy atom. The first-order valence-corrected chi connectivity index (χ1v) is 8.67. The van der Waals surface area contributed by atoms with Crippen LogP contribution in [0.1, 0.15) is 24.8 Å². The van der Waals surface area contributed by atoms with E-state index < -0.39 is 16.0 Å². The molecule has 2 fully saturated rings. The number of aliphatic carboxylic acids is 1. The topological polar surface area (TPSA) is 83.5 Å². The van der Waals surface area contributed by atoms with E-state index in [1.165, 1.54) is 0 Å². The van der Waals surface area contributed by atoms with Crippen LogP contribution in [0.5, 0.6) is 0 Å². The van der Waals surface area contributed by atoms with Crippen LogP contribution in [0.4, 0.5) is 0 Å². The zero-order valence-corrected chi connectivity index (χ0v) is 12.6. The fourth-order valence-corrected chi connectivity index (χ4v) is 4.85. The molecule has 2 N–H and O–H groups in total. The van der Waals surface area contributed by atoms with Gasteiger partial charge < -0.3 is 5.11 Å². The Morgan fingerprint density at radius 3 is 2.48 bits per heavy atom. The smallest absolute Gasteiger partial charge is 0.306 e. The lowest BCUT2D eigenvalue weighted by atomic mass is 9.72. The summed E-state index contributed by atoms with van der Waals surface area (Å²) in [5, 5.41) is 9.06. The van der Waals surface area contributed by atoms with Gasteiger partial charge in [-0.25, -0.2) is 13.1 Å². The second-order valence-electron chi connectivity index (χ2n) is 6.21. The van der Waals surface area contributed by atoms with Gasteiger partial charge in [0.2, 0.25) is 10.0 Å². The zero-order chi connectivity index (χ0) is 15.2. The number of carboxylic acids is 1. The maximum Gasteiger partial charge on any atom is 0.306 e. The van der Waals surface area contributed by atoms with Gasteiger partial charge in [-0.2, -0.15) is 0 Å². The van der Waals surface area contributed by atoms with Crippen LogP contribution in [0.25, 0.3) is 0 Å². The summed E-state index contributed by atoms with van der Waals surface area (Å²) >= 11 is 0. The van der Waals surface area contributed by atoms with Crippen LogP contribution in [0.3, 0.4) is 0 Å². The number of sulfonamides is 1. The first-order valence-electron chi connectivity index (χ1n) is 7.18. The second kappa shape index (κ2) is 5.10. The molecule has 2 saturated carbocycles. The van der Waals surface area contributed by atoms with Crippen LogP contribution in [0.2, 0.25) is 0 Å². The zero-order valence-electron chi connectivity index (χ0n) is 11.8. The van der Waals surface area contributed by atoms with E-state index in [1.807, 2.05) is 6.92 Å². The molecule has 1 unspecified atom stereocenters. The Balaban J connectivity index is 1.68. The molecule has 0 amide bonds. The lowest BCUT2D eigenvalue weighted by Crippen LogP contribution is -2.50. The van der Waals surface area contributed by atoms with E-state index in [0.717, 1.165) is 12.0 Å². The summed E-state index contributed by atoms with van der Waals surface area (Å²) < 4.78 is 27.4. The minimum absolute atomic E-state index is 0.120. The van der Waals surface area contributed by atoms with E-state index in [2.05, 4.69) is 4.72 Å². The average molecular weight is 309 g/mol. The van der Waals surface area contributed by atoms with Crippen LogP contribution in [0, 0.1) is 24.7 Å². The summed E-state index contributed by atoms with van der Waals surface area (Å²) in [6.07, 6.45) is 2.02. The van der Waals surface area contributed by atoms with E-state index >= 15 is 0 Å². The van der Waals surface area contributed by atoms with E-state index in [0.29, 0.717) is 18.8 Å². The highest BCUT2D eigenvalue weighted by Gasteiger charge is 2.50. The van der Waals surface area contributed by atoms with Gasteiger partial charge in [0.15, 0.2) is 0 Å². The summed E-state index contributed by atoms with van der Waals surface area (Å²) in [5.74, 6) is -0.540. The molecule has 0 aromatic heterocycles. The normalized spacial score (nSPS) is 31.5. The fourth-order valence-electron chi connectivity index (χ4n) is 3.55. The Kier molecular flexibility index (Phi) is 3.53. The maximum atomic E-state index is 12.3. The van der Waals surface area contributed by atoms with Crippen LogP contribution in [-0.2, 0) is 14.8 Å². The summed E-state index contributed by atoms with van der Waals surface area (Å²) in [6.45, 7) is 1.91. The number of fused-ring (bicyclic) bond motifs is 1. The molecule has 0 saturated heterocycles. The van der Waals surface area contributed by atoms with Gasteiger partial charge in [-0.1, -0.05) is 17.7 Å². The van der Waals surface area contributed by atoms with Crippen molar-refractivity contribution < 1.29 is 18.3 Å². The first kappa shape index (κ1) is 14.5. The highest BCUT2D eigenvalue weighted by molar-refractivity contribution is 7.89. The van der Waals surface area contributed by atoms with Crippen molar-refractivity contribution in [2.75, 3.05) is 0 Å². The van der Waals surface area contributed by atoms with Gasteiger partial charge in [0, 0.05) is 6.04 Å².